The number of hydrogen-bond donors (Lipinski definition) is 3. The maximum atomic E-state index is 13.4. The lowest BCUT2D eigenvalue weighted by Gasteiger charge is -2.14. The molecule has 10 heteroatoms. The van der Waals surface area contributed by atoms with Crippen molar-refractivity contribution >= 4 is 29.6 Å². The number of carbonyl (C=O) groups is 2. The second kappa shape index (κ2) is 10.7. The molecule has 0 spiro atoms. The van der Waals surface area contributed by atoms with Crippen LogP contribution in [0.1, 0.15) is 34.0 Å². The van der Waals surface area contributed by atoms with Crippen molar-refractivity contribution in [2.45, 2.75) is 19.6 Å². The monoisotopic (exact) mass is 460 g/mol. The van der Waals surface area contributed by atoms with Crippen LogP contribution in [0, 0.1) is 0 Å². The molecule has 0 fully saturated rings. The average Bonchev–Trinajstić information content (AvgIpc) is 3.29. The van der Waals surface area contributed by atoms with E-state index in [9.17, 15) is 22.8 Å². The van der Waals surface area contributed by atoms with Gasteiger partial charge in [0.15, 0.2) is 5.96 Å². The quantitative estimate of drug-likeness (QED) is 0.434. The first-order chi connectivity index (χ1) is 15.7. The molecule has 0 saturated heterocycles. The standard InChI is InChI=1S/C23H23F3N4O3/c1-2-33-20(31)7-6-15-4-3-5-16(10-15)14-29-21(32)17-11-18(23(24,25)26)13-19(12-17)30-22-27-8-9-28-22/h3-7,10-13H,2,8-9,14H2,1H3,(H,29,32)(H2,27,28,30). The number of benzene rings is 2. The number of guanidine groups is 1. The zero-order chi connectivity index (χ0) is 23.8. The SMILES string of the molecule is CCOC(=O)C=Cc1cccc(CNC(=O)c2cc(NC3=NCCN3)cc(C(F)(F)F)c2)c1. The number of alkyl halides is 3. The summed E-state index contributed by atoms with van der Waals surface area (Å²) in [6, 6.07) is 10.1. The Morgan fingerprint density at radius 3 is 2.73 bits per heavy atom. The smallest absolute Gasteiger partial charge is 0.416 e. The van der Waals surface area contributed by atoms with Crippen LogP contribution in [0.4, 0.5) is 18.9 Å². The number of amides is 1. The molecule has 0 aromatic heterocycles. The maximum Gasteiger partial charge on any atom is 0.416 e. The number of anilines is 1. The third-order valence-corrected chi connectivity index (χ3v) is 4.56. The van der Waals surface area contributed by atoms with Gasteiger partial charge in [-0.1, -0.05) is 18.2 Å². The number of hydrogen-bond acceptors (Lipinski definition) is 6. The molecule has 2 aromatic rings. The Bertz CT molecular complexity index is 1080. The Morgan fingerprint density at radius 1 is 1.21 bits per heavy atom. The molecule has 1 aliphatic rings. The van der Waals surface area contributed by atoms with Gasteiger partial charge in [-0.2, -0.15) is 13.2 Å². The summed E-state index contributed by atoms with van der Waals surface area (Å²) in [7, 11) is 0. The lowest BCUT2D eigenvalue weighted by molar-refractivity contribution is -0.138. The Labute approximate surface area is 188 Å². The first-order valence-electron chi connectivity index (χ1n) is 10.2. The lowest BCUT2D eigenvalue weighted by Crippen LogP contribution is -2.27. The Morgan fingerprint density at radius 2 is 2.03 bits per heavy atom. The number of nitrogens with one attached hydrogen (secondary N) is 3. The van der Waals surface area contributed by atoms with Crippen molar-refractivity contribution in [2.75, 3.05) is 25.0 Å². The van der Waals surface area contributed by atoms with Crippen molar-refractivity contribution in [1.82, 2.24) is 10.6 Å². The summed E-state index contributed by atoms with van der Waals surface area (Å²) in [5.74, 6) is -0.768. The molecule has 1 amide bonds. The Balaban J connectivity index is 1.72. The van der Waals surface area contributed by atoms with Gasteiger partial charge in [-0.25, -0.2) is 4.79 Å². The minimum Gasteiger partial charge on any atom is -0.463 e. The highest BCUT2D eigenvalue weighted by atomic mass is 19.4. The molecule has 1 aliphatic heterocycles. The first-order valence-corrected chi connectivity index (χ1v) is 10.2. The zero-order valence-electron chi connectivity index (χ0n) is 17.8. The highest BCUT2D eigenvalue weighted by Gasteiger charge is 2.32. The highest BCUT2D eigenvalue weighted by Crippen LogP contribution is 2.32. The van der Waals surface area contributed by atoms with Gasteiger partial charge in [0.1, 0.15) is 0 Å². The van der Waals surface area contributed by atoms with Crippen molar-refractivity contribution < 1.29 is 27.5 Å². The first kappa shape index (κ1) is 23.8. The van der Waals surface area contributed by atoms with Crippen molar-refractivity contribution in [3.63, 3.8) is 0 Å². The number of rotatable bonds is 7. The predicted octanol–water partition coefficient (Wildman–Crippen LogP) is 3.58. The third-order valence-electron chi connectivity index (χ3n) is 4.56. The molecular formula is C23H23F3N4O3. The summed E-state index contributed by atoms with van der Waals surface area (Å²) in [5, 5.41) is 8.32. The lowest BCUT2D eigenvalue weighted by atomic mass is 10.1. The molecule has 0 aliphatic carbocycles. The summed E-state index contributed by atoms with van der Waals surface area (Å²) in [6.07, 6.45) is -1.74. The van der Waals surface area contributed by atoms with Crippen molar-refractivity contribution in [3.05, 3.63) is 70.8 Å². The molecule has 33 heavy (non-hydrogen) atoms. The second-order valence-corrected chi connectivity index (χ2v) is 7.09. The van der Waals surface area contributed by atoms with E-state index in [0.29, 0.717) is 30.2 Å². The molecule has 174 valence electrons. The van der Waals surface area contributed by atoms with E-state index in [1.54, 1.807) is 37.3 Å². The highest BCUT2D eigenvalue weighted by molar-refractivity contribution is 5.98. The van der Waals surface area contributed by atoms with E-state index in [1.807, 2.05) is 0 Å². The summed E-state index contributed by atoms with van der Waals surface area (Å²) in [4.78, 5) is 28.2. The minimum absolute atomic E-state index is 0.0905. The fourth-order valence-corrected chi connectivity index (χ4v) is 3.06. The van der Waals surface area contributed by atoms with Gasteiger partial charge in [0.2, 0.25) is 0 Å². The molecule has 0 atom stereocenters. The van der Waals surface area contributed by atoms with Crippen LogP contribution in [0.5, 0.6) is 0 Å². The van der Waals surface area contributed by atoms with Crippen molar-refractivity contribution in [2.24, 2.45) is 4.99 Å². The normalized spacial score (nSPS) is 13.4. The van der Waals surface area contributed by atoms with Crippen LogP contribution < -0.4 is 16.0 Å². The van der Waals surface area contributed by atoms with Gasteiger partial charge in [0, 0.05) is 30.4 Å². The van der Waals surface area contributed by atoms with E-state index >= 15 is 0 Å². The Hall–Kier alpha value is -3.82. The van der Waals surface area contributed by atoms with E-state index in [4.69, 9.17) is 4.74 Å². The fourth-order valence-electron chi connectivity index (χ4n) is 3.06. The van der Waals surface area contributed by atoms with Gasteiger partial charge in [0.05, 0.1) is 18.7 Å². The van der Waals surface area contributed by atoms with Crippen LogP contribution in [0.15, 0.2) is 53.5 Å². The van der Waals surface area contributed by atoms with E-state index in [0.717, 1.165) is 12.1 Å². The van der Waals surface area contributed by atoms with Crippen molar-refractivity contribution in [3.8, 4) is 0 Å². The average molecular weight is 460 g/mol. The van der Waals surface area contributed by atoms with Gasteiger partial charge >= 0.3 is 12.1 Å². The molecule has 1 heterocycles. The number of ether oxygens (including phenoxy) is 1. The minimum atomic E-state index is -4.61. The van der Waals surface area contributed by atoms with Gasteiger partial charge < -0.3 is 20.7 Å². The molecule has 3 rings (SSSR count). The number of carbonyl (C=O) groups excluding carboxylic acids is 2. The van der Waals surface area contributed by atoms with Gasteiger partial charge in [0.25, 0.3) is 5.91 Å². The molecule has 0 bridgehead atoms. The molecule has 0 saturated carbocycles. The van der Waals surface area contributed by atoms with Crippen molar-refractivity contribution in [1.29, 1.82) is 0 Å². The number of esters is 1. The second-order valence-electron chi connectivity index (χ2n) is 7.09. The third kappa shape index (κ3) is 7.09. The van der Waals surface area contributed by atoms with Crippen LogP contribution in [0.2, 0.25) is 0 Å². The van der Waals surface area contributed by atoms with Crippen LogP contribution in [-0.2, 0) is 22.3 Å². The summed E-state index contributed by atoms with van der Waals surface area (Å²) >= 11 is 0. The molecule has 0 unspecified atom stereocenters. The summed E-state index contributed by atoms with van der Waals surface area (Å²) in [5.41, 5.74) is 0.454. The number of nitrogens with zero attached hydrogens (tertiary/aromatic N) is 1. The van der Waals surface area contributed by atoms with Crippen LogP contribution in [0.25, 0.3) is 6.08 Å². The van der Waals surface area contributed by atoms with E-state index in [2.05, 4.69) is 20.9 Å². The molecule has 3 N–H and O–H groups in total. The molecule has 0 radical (unpaired) electrons. The predicted molar refractivity (Wildman–Crippen MR) is 119 cm³/mol. The van der Waals surface area contributed by atoms with Gasteiger partial charge in [-0.05, 0) is 48.4 Å². The molecule has 7 nitrogen and oxygen atoms in total. The Kier molecular flexibility index (Phi) is 7.70. The maximum absolute atomic E-state index is 13.4. The number of aliphatic imine (C=N–C) groups is 1. The van der Waals surface area contributed by atoms with Crippen LogP contribution >= 0.6 is 0 Å². The van der Waals surface area contributed by atoms with E-state index < -0.39 is 23.6 Å². The number of halogens is 3. The van der Waals surface area contributed by atoms with Crippen LogP contribution in [0.3, 0.4) is 0 Å². The zero-order valence-corrected chi connectivity index (χ0v) is 17.8. The fraction of sp³-hybridized carbons (Fsp3) is 0.261. The van der Waals surface area contributed by atoms with Gasteiger partial charge in [-0.15, -0.1) is 0 Å². The summed E-state index contributed by atoms with van der Waals surface area (Å²) < 4.78 is 44.9. The topological polar surface area (TPSA) is 91.8 Å². The summed E-state index contributed by atoms with van der Waals surface area (Å²) in [6.45, 7) is 3.17. The largest absolute Gasteiger partial charge is 0.463 e. The molecule has 2 aromatic carbocycles. The van der Waals surface area contributed by atoms with Crippen LogP contribution in [-0.4, -0.2) is 37.5 Å². The van der Waals surface area contributed by atoms with E-state index in [1.165, 1.54) is 12.1 Å². The van der Waals surface area contributed by atoms with E-state index in [-0.39, 0.29) is 24.4 Å². The molecular weight excluding hydrogens is 437 g/mol. The van der Waals surface area contributed by atoms with Gasteiger partial charge in [-0.3, -0.25) is 9.79 Å².